The minimum atomic E-state index is -0.158. The van der Waals surface area contributed by atoms with Crippen LogP contribution in [-0.2, 0) is 9.53 Å². The number of hydrogen-bond acceptors (Lipinski definition) is 6. The zero-order valence-electron chi connectivity index (χ0n) is 14.5. The number of para-hydroxylation sites is 1. The minimum Gasteiger partial charge on any atom is -0.490 e. The summed E-state index contributed by atoms with van der Waals surface area (Å²) in [6, 6.07) is 15.1. The van der Waals surface area contributed by atoms with E-state index in [0.717, 1.165) is 37.5 Å². The van der Waals surface area contributed by atoms with E-state index in [9.17, 15) is 4.79 Å². The summed E-state index contributed by atoms with van der Waals surface area (Å²) in [5, 5.41) is 8.82. The van der Waals surface area contributed by atoms with Gasteiger partial charge in [0.25, 0.3) is 0 Å². The van der Waals surface area contributed by atoms with Crippen LogP contribution >= 0.6 is 0 Å². The summed E-state index contributed by atoms with van der Waals surface area (Å²) in [6.45, 7) is 2.10. The van der Waals surface area contributed by atoms with Crippen molar-refractivity contribution >= 4 is 11.8 Å². The van der Waals surface area contributed by atoms with Crippen LogP contribution in [0.3, 0.4) is 0 Å². The minimum absolute atomic E-state index is 0.0821. The van der Waals surface area contributed by atoms with Gasteiger partial charge in [-0.15, -0.1) is 0 Å². The Bertz CT molecular complexity index is 748. The molecule has 0 spiro atoms. The van der Waals surface area contributed by atoms with Gasteiger partial charge in [0.1, 0.15) is 30.9 Å². The topological polar surface area (TPSA) is 75.5 Å². The standard InChI is InChI=1S/C20H21N3O3/c21-14-16-6-7-19(22-15-16)23-10-8-17(9-11-23)20(24)26-13-12-25-18-4-2-1-3-5-18/h1-7,15,17H,8-13H2. The van der Waals surface area contributed by atoms with E-state index < -0.39 is 0 Å². The fourth-order valence-electron chi connectivity index (χ4n) is 2.92. The molecule has 1 aromatic heterocycles. The smallest absolute Gasteiger partial charge is 0.309 e. The second kappa shape index (κ2) is 8.86. The molecule has 0 radical (unpaired) electrons. The maximum atomic E-state index is 12.2. The highest BCUT2D eigenvalue weighted by Gasteiger charge is 2.26. The predicted molar refractivity (Wildman–Crippen MR) is 96.8 cm³/mol. The molecule has 26 heavy (non-hydrogen) atoms. The van der Waals surface area contributed by atoms with Crippen LogP contribution < -0.4 is 9.64 Å². The summed E-state index contributed by atoms with van der Waals surface area (Å²) in [7, 11) is 0. The van der Waals surface area contributed by atoms with Gasteiger partial charge in [-0.3, -0.25) is 4.79 Å². The van der Waals surface area contributed by atoms with E-state index in [1.54, 1.807) is 12.3 Å². The van der Waals surface area contributed by atoms with Gasteiger partial charge in [0.15, 0.2) is 0 Å². The first-order valence-corrected chi connectivity index (χ1v) is 8.72. The number of piperidine rings is 1. The van der Waals surface area contributed by atoms with E-state index in [-0.39, 0.29) is 18.5 Å². The van der Waals surface area contributed by atoms with Crippen molar-refractivity contribution in [1.29, 1.82) is 5.26 Å². The number of carbonyl (C=O) groups is 1. The van der Waals surface area contributed by atoms with Crippen molar-refractivity contribution in [2.75, 3.05) is 31.2 Å². The van der Waals surface area contributed by atoms with Crippen molar-refractivity contribution in [2.24, 2.45) is 5.92 Å². The molecule has 1 aromatic carbocycles. The van der Waals surface area contributed by atoms with Gasteiger partial charge < -0.3 is 14.4 Å². The lowest BCUT2D eigenvalue weighted by molar-refractivity contribution is -0.150. The second-order valence-electron chi connectivity index (χ2n) is 6.11. The van der Waals surface area contributed by atoms with E-state index in [0.29, 0.717) is 12.2 Å². The molecule has 1 fully saturated rings. The molecular weight excluding hydrogens is 330 g/mol. The third-order valence-electron chi connectivity index (χ3n) is 4.37. The zero-order valence-corrected chi connectivity index (χ0v) is 14.5. The van der Waals surface area contributed by atoms with Crippen molar-refractivity contribution in [3.8, 4) is 11.8 Å². The largest absolute Gasteiger partial charge is 0.490 e. The summed E-state index contributed by atoms with van der Waals surface area (Å²) in [4.78, 5) is 18.6. The number of nitriles is 1. The Hall–Kier alpha value is -3.07. The van der Waals surface area contributed by atoms with Crippen LogP contribution in [0.1, 0.15) is 18.4 Å². The van der Waals surface area contributed by atoms with Crippen LogP contribution in [0.25, 0.3) is 0 Å². The highest BCUT2D eigenvalue weighted by Crippen LogP contribution is 2.22. The first-order valence-electron chi connectivity index (χ1n) is 8.72. The van der Waals surface area contributed by atoms with Crippen LogP contribution in [0.5, 0.6) is 5.75 Å². The van der Waals surface area contributed by atoms with E-state index in [2.05, 4.69) is 16.0 Å². The number of anilines is 1. The molecule has 1 aliphatic rings. The van der Waals surface area contributed by atoms with Gasteiger partial charge in [-0.05, 0) is 37.1 Å². The molecular formula is C20H21N3O3. The molecule has 0 amide bonds. The average Bonchev–Trinajstić information content (AvgIpc) is 2.72. The molecule has 0 saturated carbocycles. The van der Waals surface area contributed by atoms with Crippen LogP contribution in [-0.4, -0.2) is 37.3 Å². The number of aromatic nitrogens is 1. The lowest BCUT2D eigenvalue weighted by Gasteiger charge is -2.31. The van der Waals surface area contributed by atoms with Crippen molar-refractivity contribution in [3.63, 3.8) is 0 Å². The highest BCUT2D eigenvalue weighted by atomic mass is 16.6. The number of hydrogen-bond donors (Lipinski definition) is 0. The van der Waals surface area contributed by atoms with E-state index in [1.807, 2.05) is 36.4 Å². The lowest BCUT2D eigenvalue weighted by Crippen LogP contribution is -2.37. The second-order valence-corrected chi connectivity index (χ2v) is 6.11. The van der Waals surface area contributed by atoms with Crippen molar-refractivity contribution in [1.82, 2.24) is 4.98 Å². The fourth-order valence-corrected chi connectivity index (χ4v) is 2.92. The molecule has 0 N–H and O–H groups in total. The normalized spacial score (nSPS) is 14.5. The van der Waals surface area contributed by atoms with Gasteiger partial charge in [-0.1, -0.05) is 18.2 Å². The SMILES string of the molecule is N#Cc1ccc(N2CCC(C(=O)OCCOc3ccccc3)CC2)nc1. The molecule has 134 valence electrons. The lowest BCUT2D eigenvalue weighted by atomic mass is 9.97. The number of rotatable bonds is 6. The Morgan fingerprint density at radius 1 is 1.15 bits per heavy atom. The summed E-state index contributed by atoms with van der Waals surface area (Å²) < 4.78 is 10.9. The quantitative estimate of drug-likeness (QED) is 0.588. The number of pyridine rings is 1. The molecule has 2 aromatic rings. The molecule has 6 nitrogen and oxygen atoms in total. The average molecular weight is 351 g/mol. The molecule has 2 heterocycles. The third kappa shape index (κ3) is 4.73. The van der Waals surface area contributed by atoms with Crippen molar-refractivity contribution in [3.05, 3.63) is 54.2 Å². The molecule has 0 bridgehead atoms. The fraction of sp³-hybridized carbons (Fsp3) is 0.350. The Morgan fingerprint density at radius 2 is 1.92 bits per heavy atom. The number of esters is 1. The first-order chi connectivity index (χ1) is 12.8. The molecule has 0 aliphatic carbocycles. The molecule has 0 atom stereocenters. The molecule has 6 heteroatoms. The van der Waals surface area contributed by atoms with Gasteiger partial charge >= 0.3 is 5.97 Å². The van der Waals surface area contributed by atoms with Crippen LogP contribution in [0.15, 0.2) is 48.7 Å². The number of nitrogens with zero attached hydrogens (tertiary/aromatic N) is 3. The molecule has 0 unspecified atom stereocenters. The summed E-state index contributed by atoms with van der Waals surface area (Å²) in [6.07, 6.45) is 3.04. The van der Waals surface area contributed by atoms with Crippen LogP contribution in [0.4, 0.5) is 5.82 Å². The zero-order chi connectivity index (χ0) is 18.2. The van der Waals surface area contributed by atoms with Gasteiger partial charge in [-0.2, -0.15) is 5.26 Å². The Kier molecular flexibility index (Phi) is 6.05. The van der Waals surface area contributed by atoms with E-state index in [1.165, 1.54) is 0 Å². The van der Waals surface area contributed by atoms with Crippen molar-refractivity contribution < 1.29 is 14.3 Å². The van der Waals surface area contributed by atoms with Gasteiger partial charge in [0.2, 0.25) is 0 Å². The first kappa shape index (κ1) is 17.7. The molecule has 1 aliphatic heterocycles. The Morgan fingerprint density at radius 3 is 2.58 bits per heavy atom. The predicted octanol–water partition coefficient (Wildman–Crippen LogP) is 2.79. The number of benzene rings is 1. The number of ether oxygens (including phenoxy) is 2. The third-order valence-corrected chi connectivity index (χ3v) is 4.37. The summed E-state index contributed by atoms with van der Waals surface area (Å²) >= 11 is 0. The summed E-state index contributed by atoms with van der Waals surface area (Å²) in [5.41, 5.74) is 0.546. The Labute approximate surface area is 153 Å². The maximum Gasteiger partial charge on any atom is 0.309 e. The van der Waals surface area contributed by atoms with Gasteiger partial charge in [0, 0.05) is 19.3 Å². The summed E-state index contributed by atoms with van der Waals surface area (Å²) in [5.74, 6) is 1.37. The van der Waals surface area contributed by atoms with Crippen molar-refractivity contribution in [2.45, 2.75) is 12.8 Å². The van der Waals surface area contributed by atoms with E-state index in [4.69, 9.17) is 14.7 Å². The highest BCUT2D eigenvalue weighted by molar-refractivity contribution is 5.72. The van der Waals surface area contributed by atoms with Crippen LogP contribution in [0.2, 0.25) is 0 Å². The van der Waals surface area contributed by atoms with Gasteiger partial charge in [-0.25, -0.2) is 4.98 Å². The van der Waals surface area contributed by atoms with Gasteiger partial charge in [0.05, 0.1) is 11.5 Å². The molecule has 3 rings (SSSR count). The maximum absolute atomic E-state index is 12.2. The van der Waals surface area contributed by atoms with Crippen LogP contribution in [0, 0.1) is 17.2 Å². The molecule has 1 saturated heterocycles. The number of carbonyl (C=O) groups excluding carboxylic acids is 1. The van der Waals surface area contributed by atoms with E-state index >= 15 is 0 Å². The Balaban J connectivity index is 1.38. The monoisotopic (exact) mass is 351 g/mol.